The first kappa shape index (κ1) is 12.1. The SMILES string of the molecule is CC1(C)C2C(=O)N(Cc3cc(N)cc(F)c3)C(=O)C21. The van der Waals surface area contributed by atoms with E-state index >= 15 is 0 Å². The summed E-state index contributed by atoms with van der Waals surface area (Å²) in [6.45, 7) is 3.95. The van der Waals surface area contributed by atoms with E-state index in [0.29, 0.717) is 11.3 Å². The number of halogens is 1. The van der Waals surface area contributed by atoms with Crippen LogP contribution in [0.2, 0.25) is 0 Å². The van der Waals surface area contributed by atoms with Crippen molar-refractivity contribution in [1.82, 2.24) is 4.90 Å². The van der Waals surface area contributed by atoms with Gasteiger partial charge in [-0.2, -0.15) is 0 Å². The van der Waals surface area contributed by atoms with Gasteiger partial charge in [0.2, 0.25) is 11.8 Å². The average Bonchev–Trinajstić information content (AvgIpc) is 2.75. The summed E-state index contributed by atoms with van der Waals surface area (Å²) in [6, 6.07) is 4.09. The van der Waals surface area contributed by atoms with E-state index in [2.05, 4.69) is 0 Å². The topological polar surface area (TPSA) is 63.4 Å². The standard InChI is InChI=1S/C14H15FN2O2/c1-14(2)10-11(14)13(19)17(12(10)18)6-7-3-8(15)5-9(16)4-7/h3-5,10-11H,6,16H2,1-2H3. The lowest BCUT2D eigenvalue weighted by atomic mass is 10.0. The van der Waals surface area contributed by atoms with Crippen molar-refractivity contribution in [2.45, 2.75) is 20.4 Å². The molecule has 1 aromatic carbocycles. The van der Waals surface area contributed by atoms with Crippen molar-refractivity contribution in [3.8, 4) is 0 Å². The molecule has 2 amide bonds. The van der Waals surface area contributed by atoms with Crippen LogP contribution < -0.4 is 5.73 Å². The fraction of sp³-hybridized carbons (Fsp3) is 0.429. The number of carbonyl (C=O) groups is 2. The normalized spacial score (nSPS) is 27.6. The fourth-order valence-electron chi connectivity index (χ4n) is 3.11. The number of rotatable bonds is 2. The molecule has 0 radical (unpaired) electrons. The summed E-state index contributed by atoms with van der Waals surface area (Å²) >= 11 is 0. The molecule has 1 aliphatic carbocycles. The number of hydrogen-bond acceptors (Lipinski definition) is 3. The van der Waals surface area contributed by atoms with Crippen LogP contribution in [0.4, 0.5) is 10.1 Å². The van der Waals surface area contributed by atoms with E-state index in [1.54, 1.807) is 6.07 Å². The van der Waals surface area contributed by atoms with Crippen molar-refractivity contribution in [2.75, 3.05) is 5.73 Å². The molecule has 2 unspecified atom stereocenters. The van der Waals surface area contributed by atoms with Gasteiger partial charge in [-0.3, -0.25) is 14.5 Å². The van der Waals surface area contributed by atoms with Crippen LogP contribution in [0, 0.1) is 23.1 Å². The Hall–Kier alpha value is -1.91. The van der Waals surface area contributed by atoms with E-state index in [0.717, 1.165) is 0 Å². The number of nitrogen functional groups attached to an aromatic ring is 1. The molecule has 5 heteroatoms. The molecule has 0 aromatic heterocycles. The highest BCUT2D eigenvalue weighted by molar-refractivity contribution is 6.10. The fourth-order valence-corrected chi connectivity index (χ4v) is 3.11. The molecular formula is C14H15FN2O2. The van der Waals surface area contributed by atoms with Gasteiger partial charge in [-0.05, 0) is 29.2 Å². The van der Waals surface area contributed by atoms with Crippen LogP contribution in [0.5, 0.6) is 0 Å². The molecule has 0 bridgehead atoms. The van der Waals surface area contributed by atoms with E-state index in [1.807, 2.05) is 13.8 Å². The van der Waals surface area contributed by atoms with Crippen molar-refractivity contribution in [3.05, 3.63) is 29.6 Å². The Morgan fingerprint density at radius 3 is 2.32 bits per heavy atom. The molecule has 2 N–H and O–H groups in total. The summed E-state index contributed by atoms with van der Waals surface area (Å²) < 4.78 is 13.2. The van der Waals surface area contributed by atoms with Crippen LogP contribution in [0.25, 0.3) is 0 Å². The number of nitrogens with zero attached hydrogens (tertiary/aromatic N) is 1. The second-order valence-corrected chi connectivity index (χ2v) is 5.93. The van der Waals surface area contributed by atoms with Crippen molar-refractivity contribution >= 4 is 17.5 Å². The maximum absolute atomic E-state index is 13.2. The zero-order valence-electron chi connectivity index (χ0n) is 10.8. The van der Waals surface area contributed by atoms with Gasteiger partial charge < -0.3 is 5.73 Å². The van der Waals surface area contributed by atoms with E-state index in [4.69, 9.17) is 5.73 Å². The summed E-state index contributed by atoms with van der Waals surface area (Å²) in [4.78, 5) is 25.5. The van der Waals surface area contributed by atoms with Gasteiger partial charge in [0, 0.05) is 5.69 Å². The summed E-state index contributed by atoms with van der Waals surface area (Å²) in [5, 5.41) is 0. The highest BCUT2D eigenvalue weighted by atomic mass is 19.1. The lowest BCUT2D eigenvalue weighted by Crippen LogP contribution is -2.35. The van der Waals surface area contributed by atoms with E-state index < -0.39 is 5.82 Å². The molecule has 2 fully saturated rings. The highest BCUT2D eigenvalue weighted by Crippen LogP contribution is 2.63. The van der Waals surface area contributed by atoms with E-state index in [-0.39, 0.29) is 35.6 Å². The quantitative estimate of drug-likeness (QED) is 0.649. The molecule has 1 aliphatic heterocycles. The van der Waals surface area contributed by atoms with Crippen molar-refractivity contribution in [2.24, 2.45) is 17.3 Å². The summed E-state index contributed by atoms with van der Waals surface area (Å²) in [6.07, 6.45) is 0. The number of nitrogens with two attached hydrogens (primary N) is 1. The Morgan fingerprint density at radius 2 is 1.79 bits per heavy atom. The summed E-state index contributed by atoms with van der Waals surface area (Å²) in [7, 11) is 0. The second-order valence-electron chi connectivity index (χ2n) is 5.93. The van der Waals surface area contributed by atoms with Crippen LogP contribution in [0.3, 0.4) is 0 Å². The van der Waals surface area contributed by atoms with Gasteiger partial charge in [-0.1, -0.05) is 13.8 Å². The third kappa shape index (κ3) is 1.64. The average molecular weight is 262 g/mol. The van der Waals surface area contributed by atoms with Gasteiger partial charge in [0.05, 0.1) is 18.4 Å². The number of amides is 2. The van der Waals surface area contributed by atoms with Gasteiger partial charge in [0.15, 0.2) is 0 Å². The largest absolute Gasteiger partial charge is 0.399 e. The minimum Gasteiger partial charge on any atom is -0.399 e. The number of likely N-dealkylation sites (tertiary alicyclic amines) is 1. The molecule has 2 atom stereocenters. The number of benzene rings is 1. The molecule has 1 heterocycles. The van der Waals surface area contributed by atoms with Gasteiger partial charge in [0.25, 0.3) is 0 Å². The zero-order valence-corrected chi connectivity index (χ0v) is 10.8. The van der Waals surface area contributed by atoms with Crippen molar-refractivity contribution < 1.29 is 14.0 Å². The molecule has 1 saturated carbocycles. The number of hydrogen-bond donors (Lipinski definition) is 1. The van der Waals surface area contributed by atoms with E-state index in [9.17, 15) is 14.0 Å². The molecule has 1 aromatic rings. The number of fused-ring (bicyclic) bond motifs is 1. The molecular weight excluding hydrogens is 247 g/mol. The summed E-state index contributed by atoms with van der Waals surface area (Å²) in [5.74, 6) is -1.16. The molecule has 1 saturated heterocycles. The minimum absolute atomic E-state index is 0.0999. The molecule has 19 heavy (non-hydrogen) atoms. The second kappa shape index (κ2) is 3.56. The minimum atomic E-state index is -0.459. The molecule has 0 spiro atoms. The first-order valence-corrected chi connectivity index (χ1v) is 6.22. The Bertz CT molecular complexity index is 553. The van der Waals surface area contributed by atoms with Crippen LogP contribution >= 0.6 is 0 Å². The Morgan fingerprint density at radius 1 is 1.21 bits per heavy atom. The highest BCUT2D eigenvalue weighted by Gasteiger charge is 2.72. The number of imide groups is 1. The van der Waals surface area contributed by atoms with Gasteiger partial charge in [-0.25, -0.2) is 4.39 Å². The maximum Gasteiger partial charge on any atom is 0.233 e. The number of carbonyl (C=O) groups excluding carboxylic acids is 2. The third-order valence-corrected chi connectivity index (χ3v) is 4.21. The van der Waals surface area contributed by atoms with Gasteiger partial charge in [-0.15, -0.1) is 0 Å². The van der Waals surface area contributed by atoms with Crippen LogP contribution in [0.15, 0.2) is 18.2 Å². The lowest BCUT2D eigenvalue weighted by Gasteiger charge is -2.20. The van der Waals surface area contributed by atoms with Gasteiger partial charge >= 0.3 is 0 Å². The number of anilines is 1. The van der Waals surface area contributed by atoms with Crippen LogP contribution in [-0.2, 0) is 16.1 Å². The van der Waals surface area contributed by atoms with Crippen LogP contribution in [0.1, 0.15) is 19.4 Å². The lowest BCUT2D eigenvalue weighted by molar-refractivity contribution is -0.143. The monoisotopic (exact) mass is 262 g/mol. The first-order valence-electron chi connectivity index (χ1n) is 6.22. The number of piperidine rings is 1. The van der Waals surface area contributed by atoms with Crippen molar-refractivity contribution in [3.63, 3.8) is 0 Å². The first-order chi connectivity index (χ1) is 8.82. The smallest absolute Gasteiger partial charge is 0.233 e. The molecule has 4 nitrogen and oxygen atoms in total. The summed E-state index contributed by atoms with van der Waals surface area (Å²) in [5.41, 5.74) is 6.17. The molecule has 3 rings (SSSR count). The van der Waals surface area contributed by atoms with Crippen LogP contribution in [-0.4, -0.2) is 16.7 Å². The van der Waals surface area contributed by atoms with E-state index in [1.165, 1.54) is 17.0 Å². The predicted octanol–water partition coefficient (Wildman–Crippen LogP) is 1.55. The Balaban J connectivity index is 1.82. The maximum atomic E-state index is 13.2. The zero-order chi connectivity index (χ0) is 13.9. The Kier molecular flexibility index (Phi) is 2.27. The Labute approximate surface area is 110 Å². The molecule has 2 aliphatic rings. The van der Waals surface area contributed by atoms with Crippen molar-refractivity contribution in [1.29, 1.82) is 0 Å². The van der Waals surface area contributed by atoms with Gasteiger partial charge in [0.1, 0.15) is 5.82 Å². The predicted molar refractivity (Wildman–Crippen MR) is 67.1 cm³/mol. The third-order valence-electron chi connectivity index (χ3n) is 4.21. The molecule has 100 valence electrons.